The minimum absolute atomic E-state index is 0.0266. The first-order valence-corrected chi connectivity index (χ1v) is 8.39. The van der Waals surface area contributed by atoms with Gasteiger partial charge in [-0.1, -0.05) is 0 Å². The van der Waals surface area contributed by atoms with Gasteiger partial charge < -0.3 is 15.0 Å². The summed E-state index contributed by atoms with van der Waals surface area (Å²) in [6.45, 7) is 5.65. The Bertz CT molecular complexity index is 710. The second-order valence-corrected chi connectivity index (χ2v) is 6.81. The number of thiazole rings is 1. The number of benzene rings is 1. The Morgan fingerprint density at radius 1 is 1.29 bits per heavy atom. The molecule has 1 aromatic heterocycles. The molecule has 0 fully saturated rings. The average Bonchev–Trinajstić information content (AvgIpc) is 2.96. The summed E-state index contributed by atoms with van der Waals surface area (Å²) >= 11 is 1.40. The molecule has 1 aromatic carbocycles. The summed E-state index contributed by atoms with van der Waals surface area (Å²) in [6.07, 6.45) is 1.70. The van der Waals surface area contributed by atoms with E-state index in [0.29, 0.717) is 16.4 Å². The molecule has 0 spiro atoms. The van der Waals surface area contributed by atoms with Gasteiger partial charge in [0.1, 0.15) is 12.3 Å². The Hall–Kier alpha value is -2.41. The Morgan fingerprint density at radius 3 is 2.46 bits per heavy atom. The minimum atomic E-state index is -0.264. The van der Waals surface area contributed by atoms with Crippen molar-refractivity contribution >= 4 is 28.3 Å². The van der Waals surface area contributed by atoms with E-state index in [1.54, 1.807) is 37.6 Å². The largest absolute Gasteiger partial charge is 0.497 e. The highest BCUT2D eigenvalue weighted by molar-refractivity contribution is 7.15. The molecule has 6 nitrogen and oxygen atoms in total. The highest BCUT2D eigenvalue weighted by Gasteiger charge is 2.22. The molecule has 0 unspecified atom stereocenters. The van der Waals surface area contributed by atoms with Gasteiger partial charge in [-0.3, -0.25) is 9.59 Å². The van der Waals surface area contributed by atoms with Crippen LogP contribution in [0, 0.1) is 6.92 Å². The van der Waals surface area contributed by atoms with Crippen LogP contribution in [0.15, 0.2) is 30.5 Å². The number of aryl methyl sites for hydroxylation is 1. The van der Waals surface area contributed by atoms with Gasteiger partial charge >= 0.3 is 0 Å². The molecule has 0 aliphatic rings. The van der Waals surface area contributed by atoms with Crippen molar-refractivity contribution in [3.8, 4) is 5.75 Å². The van der Waals surface area contributed by atoms with Crippen molar-refractivity contribution < 1.29 is 14.3 Å². The molecule has 0 radical (unpaired) electrons. The van der Waals surface area contributed by atoms with E-state index in [-0.39, 0.29) is 24.4 Å². The lowest BCUT2D eigenvalue weighted by molar-refractivity contribution is -0.117. The molecule has 0 aliphatic carbocycles. The van der Waals surface area contributed by atoms with Gasteiger partial charge in [0.25, 0.3) is 5.91 Å². The molecule has 2 rings (SSSR count). The Labute approximate surface area is 145 Å². The third-order valence-electron chi connectivity index (χ3n) is 3.40. The van der Waals surface area contributed by atoms with Gasteiger partial charge in [-0.25, -0.2) is 4.98 Å². The van der Waals surface area contributed by atoms with Crippen molar-refractivity contribution in [3.63, 3.8) is 0 Å². The van der Waals surface area contributed by atoms with Crippen molar-refractivity contribution in [3.05, 3.63) is 40.9 Å². The topological polar surface area (TPSA) is 71.5 Å². The quantitative estimate of drug-likeness (QED) is 0.872. The monoisotopic (exact) mass is 347 g/mol. The molecule has 0 bridgehead atoms. The van der Waals surface area contributed by atoms with Crippen molar-refractivity contribution in [2.75, 3.05) is 19.0 Å². The SMILES string of the molecule is COc1ccc(C(=O)N(CC(=O)Nc2ncc(C)s2)C(C)C)cc1. The van der Waals surface area contributed by atoms with Gasteiger partial charge in [-0.05, 0) is 45.0 Å². The lowest BCUT2D eigenvalue weighted by Crippen LogP contribution is -2.42. The predicted molar refractivity (Wildman–Crippen MR) is 94.6 cm³/mol. The first-order chi connectivity index (χ1) is 11.4. The third-order valence-corrected chi connectivity index (χ3v) is 4.23. The number of nitrogens with zero attached hydrogens (tertiary/aromatic N) is 2. The summed E-state index contributed by atoms with van der Waals surface area (Å²) in [7, 11) is 1.57. The maximum absolute atomic E-state index is 12.7. The van der Waals surface area contributed by atoms with E-state index >= 15 is 0 Å². The van der Waals surface area contributed by atoms with E-state index in [4.69, 9.17) is 4.74 Å². The van der Waals surface area contributed by atoms with E-state index < -0.39 is 0 Å². The number of ether oxygens (including phenoxy) is 1. The van der Waals surface area contributed by atoms with E-state index in [1.807, 2.05) is 20.8 Å². The molecule has 1 N–H and O–H groups in total. The summed E-state index contributed by atoms with van der Waals surface area (Å²) in [6, 6.07) is 6.73. The summed E-state index contributed by atoms with van der Waals surface area (Å²) in [4.78, 5) is 31.5. The lowest BCUT2D eigenvalue weighted by atomic mass is 10.1. The molecule has 24 heavy (non-hydrogen) atoms. The molecule has 2 aromatic rings. The number of hydrogen-bond donors (Lipinski definition) is 1. The highest BCUT2D eigenvalue weighted by atomic mass is 32.1. The van der Waals surface area contributed by atoms with Crippen LogP contribution in [0.2, 0.25) is 0 Å². The normalized spacial score (nSPS) is 10.5. The molecule has 0 saturated heterocycles. The number of amides is 2. The van der Waals surface area contributed by atoms with Gasteiger partial charge in [0.05, 0.1) is 7.11 Å². The van der Waals surface area contributed by atoms with E-state index in [2.05, 4.69) is 10.3 Å². The number of carbonyl (C=O) groups excluding carboxylic acids is 2. The van der Waals surface area contributed by atoms with Crippen LogP contribution in [0.1, 0.15) is 29.1 Å². The van der Waals surface area contributed by atoms with Crippen molar-refractivity contribution in [1.29, 1.82) is 0 Å². The number of hydrogen-bond acceptors (Lipinski definition) is 5. The molecule has 2 amide bonds. The minimum Gasteiger partial charge on any atom is -0.497 e. The fourth-order valence-corrected chi connectivity index (χ4v) is 2.79. The molecule has 0 saturated carbocycles. The predicted octanol–water partition coefficient (Wildman–Crippen LogP) is 2.95. The smallest absolute Gasteiger partial charge is 0.254 e. The standard InChI is InChI=1S/C17H21N3O3S/c1-11(2)20(10-15(21)19-17-18-9-12(3)24-17)16(22)13-5-7-14(23-4)8-6-13/h5-9,11H,10H2,1-4H3,(H,18,19,21). The molecule has 0 aliphatic heterocycles. The number of aromatic nitrogens is 1. The van der Waals surface area contributed by atoms with Crippen LogP contribution in [0.5, 0.6) is 5.75 Å². The molecular weight excluding hydrogens is 326 g/mol. The Morgan fingerprint density at radius 2 is 1.96 bits per heavy atom. The first kappa shape index (κ1) is 17.9. The summed E-state index contributed by atoms with van der Waals surface area (Å²) < 4.78 is 5.09. The van der Waals surface area contributed by atoms with Gasteiger partial charge in [-0.15, -0.1) is 11.3 Å². The number of anilines is 1. The zero-order chi connectivity index (χ0) is 17.7. The van der Waals surface area contributed by atoms with Crippen LogP contribution >= 0.6 is 11.3 Å². The van der Waals surface area contributed by atoms with Crippen molar-refractivity contribution in [2.24, 2.45) is 0 Å². The molecule has 0 atom stereocenters. The number of methoxy groups -OCH3 is 1. The van der Waals surface area contributed by atoms with Crippen LogP contribution in [-0.4, -0.2) is 41.4 Å². The summed E-state index contributed by atoms with van der Waals surface area (Å²) in [5.74, 6) is 0.220. The second kappa shape index (κ2) is 7.92. The van der Waals surface area contributed by atoms with Crippen molar-refractivity contribution in [2.45, 2.75) is 26.8 Å². The fraction of sp³-hybridized carbons (Fsp3) is 0.353. The van der Waals surface area contributed by atoms with Crippen LogP contribution in [0.3, 0.4) is 0 Å². The number of rotatable bonds is 6. The summed E-state index contributed by atoms with van der Waals surface area (Å²) in [5.41, 5.74) is 0.516. The van der Waals surface area contributed by atoms with Gasteiger partial charge in [-0.2, -0.15) is 0 Å². The van der Waals surface area contributed by atoms with E-state index in [0.717, 1.165) is 4.88 Å². The Kier molecular flexibility index (Phi) is 5.92. The highest BCUT2D eigenvalue weighted by Crippen LogP contribution is 2.17. The second-order valence-electron chi connectivity index (χ2n) is 5.58. The molecule has 128 valence electrons. The number of carbonyl (C=O) groups is 2. The van der Waals surface area contributed by atoms with E-state index in [1.165, 1.54) is 16.2 Å². The molecular formula is C17H21N3O3S. The number of nitrogens with one attached hydrogen (secondary N) is 1. The van der Waals surface area contributed by atoms with Gasteiger partial charge in [0.15, 0.2) is 5.13 Å². The van der Waals surface area contributed by atoms with Crippen LogP contribution in [0.25, 0.3) is 0 Å². The fourth-order valence-electron chi connectivity index (χ4n) is 2.11. The van der Waals surface area contributed by atoms with Crippen LogP contribution < -0.4 is 10.1 Å². The first-order valence-electron chi connectivity index (χ1n) is 7.58. The van der Waals surface area contributed by atoms with E-state index in [9.17, 15) is 9.59 Å². The van der Waals surface area contributed by atoms with Gasteiger partial charge in [0.2, 0.25) is 5.91 Å². The maximum Gasteiger partial charge on any atom is 0.254 e. The summed E-state index contributed by atoms with van der Waals surface area (Å²) in [5, 5.41) is 3.27. The van der Waals surface area contributed by atoms with Crippen LogP contribution in [-0.2, 0) is 4.79 Å². The zero-order valence-corrected chi connectivity index (χ0v) is 15.0. The maximum atomic E-state index is 12.7. The third kappa shape index (κ3) is 4.55. The average molecular weight is 347 g/mol. The molecule has 1 heterocycles. The van der Waals surface area contributed by atoms with Crippen LogP contribution in [0.4, 0.5) is 5.13 Å². The lowest BCUT2D eigenvalue weighted by Gasteiger charge is -2.26. The zero-order valence-electron chi connectivity index (χ0n) is 14.2. The van der Waals surface area contributed by atoms with Gasteiger partial charge in [0, 0.05) is 22.7 Å². The molecule has 7 heteroatoms. The van der Waals surface area contributed by atoms with Crippen molar-refractivity contribution in [1.82, 2.24) is 9.88 Å². The Balaban J connectivity index is 2.07.